The fourth-order valence-electron chi connectivity index (χ4n) is 3.10. The van der Waals surface area contributed by atoms with Crippen molar-refractivity contribution in [2.75, 3.05) is 5.32 Å². The van der Waals surface area contributed by atoms with Crippen LogP contribution >= 0.6 is 11.6 Å². The number of halogens is 1. The second-order valence-electron chi connectivity index (χ2n) is 6.27. The van der Waals surface area contributed by atoms with Crippen molar-refractivity contribution < 1.29 is 4.92 Å². The number of nitrogens with zero attached hydrogens (tertiary/aromatic N) is 1. The van der Waals surface area contributed by atoms with Crippen LogP contribution in [-0.2, 0) is 0 Å². The standard InChI is InChI=1S/C16H23ClN2O2/c1-11(2)12-4-3-5-13(7-6-12)18-16-10-14(19(20)21)8-9-15(16)17/h8-13,18H,3-7H2,1-2H3. The molecular formula is C16H23ClN2O2. The van der Waals surface area contributed by atoms with Crippen LogP contribution in [0.1, 0.15) is 46.0 Å². The number of rotatable bonds is 4. The van der Waals surface area contributed by atoms with Gasteiger partial charge in [-0.1, -0.05) is 38.3 Å². The Hall–Kier alpha value is -1.29. The van der Waals surface area contributed by atoms with E-state index in [1.54, 1.807) is 6.07 Å². The van der Waals surface area contributed by atoms with Crippen LogP contribution in [-0.4, -0.2) is 11.0 Å². The second-order valence-corrected chi connectivity index (χ2v) is 6.68. The van der Waals surface area contributed by atoms with E-state index < -0.39 is 0 Å². The van der Waals surface area contributed by atoms with Crippen molar-refractivity contribution in [1.82, 2.24) is 0 Å². The van der Waals surface area contributed by atoms with E-state index in [0.717, 1.165) is 24.7 Å². The highest BCUT2D eigenvalue weighted by molar-refractivity contribution is 6.33. The molecule has 1 aromatic carbocycles. The second kappa shape index (κ2) is 7.12. The van der Waals surface area contributed by atoms with E-state index in [0.29, 0.717) is 16.8 Å². The van der Waals surface area contributed by atoms with Gasteiger partial charge in [-0.15, -0.1) is 0 Å². The molecule has 1 aliphatic carbocycles. The zero-order chi connectivity index (χ0) is 15.4. The molecule has 0 bridgehead atoms. The Morgan fingerprint density at radius 3 is 2.71 bits per heavy atom. The van der Waals surface area contributed by atoms with E-state index in [1.807, 2.05) is 0 Å². The van der Waals surface area contributed by atoms with Crippen LogP contribution in [0.4, 0.5) is 11.4 Å². The first-order valence-electron chi connectivity index (χ1n) is 7.68. The third-order valence-corrected chi connectivity index (χ3v) is 4.81. The molecule has 0 radical (unpaired) electrons. The third kappa shape index (κ3) is 4.34. The van der Waals surface area contributed by atoms with Crippen molar-refractivity contribution in [2.45, 2.75) is 52.0 Å². The normalized spacial score (nSPS) is 22.9. The lowest BCUT2D eigenvalue weighted by Gasteiger charge is -2.20. The fourth-order valence-corrected chi connectivity index (χ4v) is 3.27. The quantitative estimate of drug-likeness (QED) is 0.468. The van der Waals surface area contributed by atoms with Crippen LogP contribution in [0.5, 0.6) is 0 Å². The van der Waals surface area contributed by atoms with Crippen LogP contribution in [0.25, 0.3) is 0 Å². The molecule has 0 spiro atoms. The van der Waals surface area contributed by atoms with Gasteiger partial charge < -0.3 is 5.32 Å². The molecule has 2 rings (SSSR count). The zero-order valence-corrected chi connectivity index (χ0v) is 13.4. The van der Waals surface area contributed by atoms with Crippen LogP contribution in [0, 0.1) is 22.0 Å². The predicted molar refractivity (Wildman–Crippen MR) is 86.9 cm³/mol. The average molecular weight is 311 g/mol. The highest BCUT2D eigenvalue weighted by Gasteiger charge is 2.21. The SMILES string of the molecule is CC(C)C1CCCC(Nc2cc([N+](=O)[O-])ccc2Cl)CC1. The summed E-state index contributed by atoms with van der Waals surface area (Å²) in [5.74, 6) is 1.52. The molecule has 1 N–H and O–H groups in total. The third-order valence-electron chi connectivity index (χ3n) is 4.48. The molecule has 116 valence electrons. The minimum Gasteiger partial charge on any atom is -0.381 e. The lowest BCUT2D eigenvalue weighted by molar-refractivity contribution is -0.384. The molecule has 0 saturated heterocycles. The first-order valence-corrected chi connectivity index (χ1v) is 8.05. The summed E-state index contributed by atoms with van der Waals surface area (Å²) in [7, 11) is 0. The smallest absolute Gasteiger partial charge is 0.271 e. The summed E-state index contributed by atoms with van der Waals surface area (Å²) in [6.07, 6.45) is 5.89. The van der Waals surface area contributed by atoms with E-state index >= 15 is 0 Å². The van der Waals surface area contributed by atoms with Gasteiger partial charge in [0.25, 0.3) is 5.69 Å². The zero-order valence-electron chi connectivity index (χ0n) is 12.6. The van der Waals surface area contributed by atoms with E-state index in [4.69, 9.17) is 11.6 Å². The van der Waals surface area contributed by atoms with Gasteiger partial charge in [-0.3, -0.25) is 10.1 Å². The Bertz CT molecular complexity index is 505. The molecule has 0 aliphatic heterocycles. The van der Waals surface area contributed by atoms with Gasteiger partial charge in [-0.05, 0) is 37.2 Å². The van der Waals surface area contributed by atoms with Crippen molar-refractivity contribution in [3.05, 3.63) is 33.3 Å². The number of non-ortho nitro benzene ring substituents is 1. The Balaban J connectivity index is 2.04. The molecule has 0 amide bonds. The lowest BCUT2D eigenvalue weighted by atomic mass is 9.89. The summed E-state index contributed by atoms with van der Waals surface area (Å²) < 4.78 is 0. The van der Waals surface area contributed by atoms with Crippen LogP contribution < -0.4 is 5.32 Å². The van der Waals surface area contributed by atoms with Crippen LogP contribution in [0.2, 0.25) is 5.02 Å². The molecule has 1 aromatic rings. The van der Waals surface area contributed by atoms with E-state index in [1.165, 1.54) is 31.4 Å². The molecule has 4 nitrogen and oxygen atoms in total. The molecule has 1 aliphatic rings. The lowest BCUT2D eigenvalue weighted by Crippen LogP contribution is -2.19. The summed E-state index contributed by atoms with van der Waals surface area (Å²) in [6, 6.07) is 4.92. The number of anilines is 1. The maximum Gasteiger partial charge on any atom is 0.271 e. The monoisotopic (exact) mass is 310 g/mol. The summed E-state index contributed by atoms with van der Waals surface area (Å²) in [6.45, 7) is 4.58. The maximum absolute atomic E-state index is 10.9. The van der Waals surface area contributed by atoms with Crippen LogP contribution in [0.3, 0.4) is 0 Å². The van der Waals surface area contributed by atoms with Gasteiger partial charge in [0, 0.05) is 18.2 Å². The summed E-state index contributed by atoms with van der Waals surface area (Å²) in [5, 5.41) is 14.8. The summed E-state index contributed by atoms with van der Waals surface area (Å²) in [4.78, 5) is 10.5. The van der Waals surface area contributed by atoms with E-state index in [2.05, 4.69) is 19.2 Å². The maximum atomic E-state index is 10.9. The van der Waals surface area contributed by atoms with Crippen molar-refractivity contribution in [3.8, 4) is 0 Å². The molecule has 2 unspecified atom stereocenters. The number of hydrogen-bond acceptors (Lipinski definition) is 3. The number of hydrogen-bond donors (Lipinski definition) is 1. The molecule has 0 aromatic heterocycles. The molecule has 1 fully saturated rings. The molecule has 0 heterocycles. The number of nitro benzene ring substituents is 1. The number of benzene rings is 1. The first kappa shape index (κ1) is 16.1. The van der Waals surface area contributed by atoms with Gasteiger partial charge in [0.15, 0.2) is 0 Å². The van der Waals surface area contributed by atoms with Gasteiger partial charge >= 0.3 is 0 Å². The van der Waals surface area contributed by atoms with Gasteiger partial charge in [-0.2, -0.15) is 0 Å². The highest BCUT2D eigenvalue weighted by atomic mass is 35.5. The Labute approximate surface area is 131 Å². The van der Waals surface area contributed by atoms with Gasteiger partial charge in [0.2, 0.25) is 0 Å². The van der Waals surface area contributed by atoms with Crippen molar-refractivity contribution in [1.29, 1.82) is 0 Å². The Morgan fingerprint density at radius 1 is 1.29 bits per heavy atom. The summed E-state index contributed by atoms with van der Waals surface area (Å²) in [5.41, 5.74) is 0.759. The highest BCUT2D eigenvalue weighted by Crippen LogP contribution is 2.32. The van der Waals surface area contributed by atoms with Crippen molar-refractivity contribution in [3.63, 3.8) is 0 Å². The Kier molecular flexibility index (Phi) is 5.45. The molecule has 5 heteroatoms. The van der Waals surface area contributed by atoms with E-state index in [-0.39, 0.29) is 10.6 Å². The molecule has 21 heavy (non-hydrogen) atoms. The minimum atomic E-state index is -0.386. The predicted octanol–water partition coefficient (Wildman–Crippen LogP) is 5.27. The van der Waals surface area contributed by atoms with E-state index in [9.17, 15) is 10.1 Å². The molecular weight excluding hydrogens is 288 g/mol. The minimum absolute atomic E-state index is 0.0792. The number of nitrogens with one attached hydrogen (secondary N) is 1. The fraction of sp³-hybridized carbons (Fsp3) is 0.625. The van der Waals surface area contributed by atoms with Gasteiger partial charge in [-0.25, -0.2) is 0 Å². The average Bonchev–Trinajstić information content (AvgIpc) is 2.66. The van der Waals surface area contributed by atoms with Crippen molar-refractivity contribution in [2.24, 2.45) is 11.8 Å². The summed E-state index contributed by atoms with van der Waals surface area (Å²) >= 11 is 6.15. The Morgan fingerprint density at radius 2 is 2.05 bits per heavy atom. The van der Waals surface area contributed by atoms with Crippen LogP contribution in [0.15, 0.2) is 18.2 Å². The first-order chi connectivity index (χ1) is 9.97. The largest absolute Gasteiger partial charge is 0.381 e. The molecule has 1 saturated carbocycles. The number of nitro groups is 1. The van der Waals surface area contributed by atoms with Gasteiger partial charge in [0.05, 0.1) is 15.6 Å². The van der Waals surface area contributed by atoms with Crippen molar-refractivity contribution >= 4 is 23.0 Å². The molecule has 2 atom stereocenters. The van der Waals surface area contributed by atoms with Gasteiger partial charge in [0.1, 0.15) is 0 Å². The topological polar surface area (TPSA) is 55.2 Å².